The van der Waals surface area contributed by atoms with Crippen molar-refractivity contribution in [3.63, 3.8) is 0 Å². The van der Waals surface area contributed by atoms with Crippen molar-refractivity contribution in [3.05, 3.63) is 0 Å². The Hall–Kier alpha value is 0.647. The van der Waals surface area contributed by atoms with Crippen molar-refractivity contribution in [2.75, 3.05) is 6.66 Å². The molecular weight excluding hydrogens is 179 g/mol. The highest BCUT2D eigenvalue weighted by Crippen LogP contribution is 2.38. The van der Waals surface area contributed by atoms with Gasteiger partial charge in [-0.25, -0.2) is 0 Å². The molecule has 0 bridgehead atoms. The molecule has 0 amide bonds. The SMILES string of the molecule is CCC[Si](CCC)(CCC)[P]C. The first-order valence-electron chi connectivity index (χ1n) is 5.35. The lowest BCUT2D eigenvalue weighted by atomic mass is 10.6. The van der Waals surface area contributed by atoms with Crippen LogP contribution in [0.1, 0.15) is 40.0 Å². The molecule has 73 valence electrons. The van der Waals surface area contributed by atoms with Gasteiger partial charge < -0.3 is 0 Å². The predicted molar refractivity (Wildman–Crippen MR) is 63.9 cm³/mol. The fourth-order valence-corrected chi connectivity index (χ4v) is 10.3. The minimum absolute atomic E-state index is 0.797. The predicted octanol–water partition coefficient (Wildman–Crippen LogP) is 4.74. The van der Waals surface area contributed by atoms with Crippen LogP contribution in [0.5, 0.6) is 0 Å². The van der Waals surface area contributed by atoms with E-state index in [-0.39, 0.29) is 0 Å². The maximum Gasteiger partial charge on any atom is 0.0854 e. The van der Waals surface area contributed by atoms with Gasteiger partial charge in [0.05, 0.1) is 7.74 Å². The zero-order valence-electron chi connectivity index (χ0n) is 9.19. The molecule has 0 aliphatic rings. The van der Waals surface area contributed by atoms with E-state index in [1.807, 2.05) is 0 Å². The Morgan fingerprint density at radius 2 is 1.17 bits per heavy atom. The average molecular weight is 203 g/mol. The highest BCUT2D eigenvalue weighted by Gasteiger charge is 2.28. The fourth-order valence-electron chi connectivity index (χ4n) is 2.11. The molecule has 0 aliphatic heterocycles. The number of hydrogen-bond donors (Lipinski definition) is 0. The van der Waals surface area contributed by atoms with E-state index in [0.717, 1.165) is 0 Å². The lowest BCUT2D eigenvalue weighted by molar-refractivity contribution is 0.949. The molecule has 0 fully saturated rings. The van der Waals surface area contributed by atoms with E-state index in [2.05, 4.69) is 27.4 Å². The van der Waals surface area contributed by atoms with Gasteiger partial charge in [0.2, 0.25) is 0 Å². The molecule has 0 N–H and O–H groups in total. The molecule has 12 heavy (non-hydrogen) atoms. The van der Waals surface area contributed by atoms with Crippen LogP contribution in [-0.4, -0.2) is 14.4 Å². The van der Waals surface area contributed by atoms with Gasteiger partial charge in [0, 0.05) is 0 Å². The van der Waals surface area contributed by atoms with Crippen LogP contribution < -0.4 is 0 Å². The Labute approximate surface area is 81.2 Å². The van der Waals surface area contributed by atoms with Crippen molar-refractivity contribution in [1.29, 1.82) is 0 Å². The minimum atomic E-state index is -0.797. The summed E-state index contributed by atoms with van der Waals surface area (Å²) in [5.41, 5.74) is 0. The molecule has 0 atom stereocenters. The first-order valence-corrected chi connectivity index (χ1v) is 10.2. The van der Waals surface area contributed by atoms with Gasteiger partial charge in [0.15, 0.2) is 0 Å². The second kappa shape index (κ2) is 7.09. The Kier molecular flexibility index (Phi) is 7.47. The third kappa shape index (κ3) is 4.05. The smallest absolute Gasteiger partial charge is 0.0854 e. The van der Waals surface area contributed by atoms with Gasteiger partial charge in [-0.15, -0.1) is 8.13 Å². The number of rotatable bonds is 7. The zero-order valence-corrected chi connectivity index (χ0v) is 11.1. The molecule has 1 radical (unpaired) electrons. The van der Waals surface area contributed by atoms with Gasteiger partial charge in [-0.1, -0.05) is 58.2 Å². The summed E-state index contributed by atoms with van der Waals surface area (Å²) < 4.78 is 0. The van der Waals surface area contributed by atoms with Crippen LogP contribution in [0.2, 0.25) is 18.1 Å². The van der Waals surface area contributed by atoms with Crippen molar-refractivity contribution in [2.24, 2.45) is 0 Å². The van der Waals surface area contributed by atoms with E-state index in [1.54, 1.807) is 26.3 Å². The third-order valence-corrected chi connectivity index (χ3v) is 12.7. The van der Waals surface area contributed by atoms with Crippen LogP contribution in [-0.2, 0) is 0 Å². The zero-order chi connectivity index (χ0) is 9.45. The van der Waals surface area contributed by atoms with Gasteiger partial charge in [0.1, 0.15) is 0 Å². The van der Waals surface area contributed by atoms with Gasteiger partial charge in [-0.3, -0.25) is 0 Å². The van der Waals surface area contributed by atoms with Crippen LogP contribution >= 0.6 is 8.13 Å². The Morgan fingerprint density at radius 1 is 0.833 bits per heavy atom. The summed E-state index contributed by atoms with van der Waals surface area (Å²) in [6.07, 6.45) is 4.23. The van der Waals surface area contributed by atoms with Gasteiger partial charge >= 0.3 is 0 Å². The molecule has 0 saturated heterocycles. The average Bonchev–Trinajstić information content (AvgIpc) is 2.06. The van der Waals surface area contributed by atoms with Gasteiger partial charge in [0.25, 0.3) is 0 Å². The van der Waals surface area contributed by atoms with E-state index >= 15 is 0 Å². The maximum atomic E-state index is 2.40. The summed E-state index contributed by atoms with van der Waals surface area (Å²) >= 11 is 0. The maximum absolute atomic E-state index is 2.40. The standard InChI is InChI=1S/C10H24PSi/c1-5-8-12(11-4,9-6-2)10-7-3/h5-10H2,1-4H3. The molecule has 2 heteroatoms. The third-order valence-electron chi connectivity index (χ3n) is 2.62. The fraction of sp³-hybridized carbons (Fsp3) is 1.00. The summed E-state index contributed by atoms with van der Waals surface area (Å²) in [5.74, 6) is 0. The molecule has 0 saturated carbocycles. The first-order chi connectivity index (χ1) is 5.74. The van der Waals surface area contributed by atoms with Crippen molar-refractivity contribution >= 4 is 15.9 Å². The van der Waals surface area contributed by atoms with E-state index < -0.39 is 7.74 Å². The van der Waals surface area contributed by atoms with Crippen molar-refractivity contribution in [2.45, 2.75) is 58.2 Å². The van der Waals surface area contributed by atoms with Crippen molar-refractivity contribution in [1.82, 2.24) is 0 Å². The van der Waals surface area contributed by atoms with E-state index in [1.165, 1.54) is 19.3 Å². The molecule has 0 aromatic heterocycles. The normalized spacial score (nSPS) is 13.0. The Balaban J connectivity index is 4.06. The molecule has 0 aromatic rings. The summed E-state index contributed by atoms with van der Waals surface area (Å²) in [6.45, 7) is 9.43. The monoisotopic (exact) mass is 203 g/mol. The summed E-state index contributed by atoms with van der Waals surface area (Å²) in [6, 6.07) is 4.69. The van der Waals surface area contributed by atoms with Crippen LogP contribution in [0.4, 0.5) is 0 Å². The molecule has 0 aliphatic carbocycles. The summed E-state index contributed by atoms with van der Waals surface area (Å²) in [4.78, 5) is 0. The molecule has 0 unspecified atom stereocenters. The van der Waals surface area contributed by atoms with E-state index in [4.69, 9.17) is 0 Å². The van der Waals surface area contributed by atoms with Crippen LogP contribution in [0, 0.1) is 0 Å². The van der Waals surface area contributed by atoms with Crippen molar-refractivity contribution in [3.8, 4) is 0 Å². The van der Waals surface area contributed by atoms with Gasteiger partial charge in [-0.05, 0) is 6.66 Å². The van der Waals surface area contributed by atoms with E-state index in [0.29, 0.717) is 0 Å². The minimum Gasteiger partial charge on any atom is -0.100 e. The van der Waals surface area contributed by atoms with Crippen LogP contribution in [0.3, 0.4) is 0 Å². The molecular formula is C10H24PSi. The second-order valence-electron chi connectivity index (χ2n) is 3.70. The molecule has 0 spiro atoms. The van der Waals surface area contributed by atoms with Crippen molar-refractivity contribution < 1.29 is 0 Å². The van der Waals surface area contributed by atoms with Crippen LogP contribution in [0.25, 0.3) is 0 Å². The summed E-state index contributed by atoms with van der Waals surface area (Å²) in [7, 11) is 0.957. The lowest BCUT2D eigenvalue weighted by Crippen LogP contribution is -2.27. The Bertz CT molecular complexity index is 87.0. The molecule has 0 rings (SSSR count). The van der Waals surface area contributed by atoms with Crippen LogP contribution in [0.15, 0.2) is 0 Å². The number of hydrogen-bond acceptors (Lipinski definition) is 0. The molecule has 0 aromatic carbocycles. The van der Waals surface area contributed by atoms with E-state index in [9.17, 15) is 0 Å². The second-order valence-corrected chi connectivity index (χ2v) is 12.3. The Morgan fingerprint density at radius 3 is 1.33 bits per heavy atom. The molecule has 0 heterocycles. The quantitative estimate of drug-likeness (QED) is 0.414. The highest BCUT2D eigenvalue weighted by atomic mass is 31.3. The lowest BCUT2D eigenvalue weighted by Gasteiger charge is -2.28. The topological polar surface area (TPSA) is 0 Å². The highest BCUT2D eigenvalue weighted by molar-refractivity contribution is 7.81. The first kappa shape index (κ1) is 12.6. The molecule has 0 nitrogen and oxygen atoms in total. The van der Waals surface area contributed by atoms with Gasteiger partial charge in [-0.2, -0.15) is 0 Å². The largest absolute Gasteiger partial charge is 0.100 e. The summed E-state index contributed by atoms with van der Waals surface area (Å²) in [5, 5.41) is 0.